The maximum Gasteiger partial charge on any atom is 0.339 e. The van der Waals surface area contributed by atoms with Crippen molar-refractivity contribution in [2.45, 2.75) is 38.6 Å². The number of hydrogen-bond acceptors (Lipinski definition) is 7. The van der Waals surface area contributed by atoms with Crippen LogP contribution in [0.2, 0.25) is 0 Å². The number of rotatable bonds is 6. The Bertz CT molecular complexity index is 1080. The van der Waals surface area contributed by atoms with Gasteiger partial charge in [0.05, 0.1) is 24.1 Å². The minimum atomic E-state index is -0.489. The number of thiophene rings is 1. The zero-order valence-corrected chi connectivity index (χ0v) is 18.7. The highest BCUT2D eigenvalue weighted by atomic mass is 32.2. The summed E-state index contributed by atoms with van der Waals surface area (Å²) in [6, 6.07) is 6.79. The maximum atomic E-state index is 12.6. The van der Waals surface area contributed by atoms with Crippen LogP contribution >= 0.6 is 23.1 Å². The summed E-state index contributed by atoms with van der Waals surface area (Å²) < 4.78 is 4.78. The number of hydrogen-bond donors (Lipinski definition) is 1. The number of carbonyl (C=O) groups excluding carboxylic acids is 2. The molecule has 0 aliphatic heterocycles. The first-order valence-corrected chi connectivity index (χ1v) is 11.0. The third-order valence-electron chi connectivity index (χ3n) is 4.48. The highest BCUT2D eigenvalue weighted by molar-refractivity contribution is 8.00. The number of anilines is 1. The van der Waals surface area contributed by atoms with E-state index in [-0.39, 0.29) is 17.6 Å². The lowest BCUT2D eigenvalue weighted by atomic mass is 10.2. The molecule has 0 saturated carbocycles. The van der Waals surface area contributed by atoms with Crippen molar-refractivity contribution in [2.24, 2.45) is 0 Å². The van der Waals surface area contributed by atoms with E-state index in [1.165, 1.54) is 23.7 Å². The van der Waals surface area contributed by atoms with Crippen molar-refractivity contribution in [3.63, 3.8) is 0 Å². The first-order chi connectivity index (χ1) is 13.8. The fourth-order valence-electron chi connectivity index (χ4n) is 2.79. The fourth-order valence-corrected chi connectivity index (χ4v) is 4.78. The first-order valence-electron chi connectivity index (χ1n) is 9.19. The van der Waals surface area contributed by atoms with Crippen molar-refractivity contribution in [3.8, 4) is 0 Å². The summed E-state index contributed by atoms with van der Waals surface area (Å²) in [5, 5.41) is 4.63. The second-order valence-corrected chi connectivity index (χ2v) is 9.05. The third kappa shape index (κ3) is 4.59. The van der Waals surface area contributed by atoms with Gasteiger partial charge in [0.1, 0.15) is 15.7 Å². The van der Waals surface area contributed by atoms with Crippen LogP contribution in [0.3, 0.4) is 0 Å². The monoisotopic (exact) mass is 429 g/mol. The lowest BCUT2D eigenvalue weighted by Gasteiger charge is -2.11. The van der Waals surface area contributed by atoms with Gasteiger partial charge in [-0.1, -0.05) is 37.7 Å². The lowest BCUT2D eigenvalue weighted by Crippen LogP contribution is -2.17. The standard InChI is InChI=1S/C21H23N3O3S2/c1-11(2)18-23-19(17-12(3)13(4)29-20(17)24-18)28-10-16(25)22-15-9-7-6-8-14(15)21(26)27-5/h6-9,11H,10H2,1-5H3,(H,22,25). The van der Waals surface area contributed by atoms with Crippen molar-refractivity contribution in [1.82, 2.24) is 9.97 Å². The summed E-state index contributed by atoms with van der Waals surface area (Å²) in [5.74, 6) is 0.443. The van der Waals surface area contributed by atoms with Gasteiger partial charge in [0.2, 0.25) is 5.91 Å². The van der Waals surface area contributed by atoms with E-state index in [1.54, 1.807) is 35.6 Å². The van der Waals surface area contributed by atoms with Gasteiger partial charge in [-0.2, -0.15) is 0 Å². The summed E-state index contributed by atoms with van der Waals surface area (Å²) in [5.41, 5.74) is 1.91. The minimum Gasteiger partial charge on any atom is -0.465 e. The summed E-state index contributed by atoms with van der Waals surface area (Å²) in [7, 11) is 1.31. The first kappa shape index (κ1) is 21.3. The predicted molar refractivity (Wildman–Crippen MR) is 118 cm³/mol. The smallest absolute Gasteiger partial charge is 0.339 e. The number of methoxy groups -OCH3 is 1. The molecule has 0 unspecified atom stereocenters. The van der Waals surface area contributed by atoms with E-state index in [1.807, 2.05) is 0 Å². The Balaban J connectivity index is 1.82. The molecule has 2 heterocycles. The molecule has 2 aromatic heterocycles. The molecule has 0 spiro atoms. The third-order valence-corrected chi connectivity index (χ3v) is 6.55. The molecule has 1 N–H and O–H groups in total. The average molecular weight is 430 g/mol. The van der Waals surface area contributed by atoms with Crippen LogP contribution < -0.4 is 5.32 Å². The Labute approximate surface area is 178 Å². The molecule has 1 amide bonds. The van der Waals surface area contributed by atoms with E-state index in [0.29, 0.717) is 11.3 Å². The molecule has 152 valence electrons. The molecule has 0 bridgehead atoms. The molecule has 8 heteroatoms. The van der Waals surface area contributed by atoms with Crippen LogP contribution in [0.4, 0.5) is 5.69 Å². The Kier molecular flexibility index (Phi) is 6.54. The van der Waals surface area contributed by atoms with E-state index < -0.39 is 5.97 Å². The molecule has 29 heavy (non-hydrogen) atoms. The van der Waals surface area contributed by atoms with Gasteiger partial charge in [-0.05, 0) is 31.5 Å². The summed E-state index contributed by atoms with van der Waals surface area (Å²) >= 11 is 3.04. The van der Waals surface area contributed by atoms with Crippen molar-refractivity contribution in [1.29, 1.82) is 0 Å². The van der Waals surface area contributed by atoms with Crippen LogP contribution in [0.1, 0.15) is 46.4 Å². The SMILES string of the molecule is COC(=O)c1ccccc1NC(=O)CSc1nc(C(C)C)nc2sc(C)c(C)c12. The number of ether oxygens (including phenoxy) is 1. The summed E-state index contributed by atoms with van der Waals surface area (Å²) in [6.07, 6.45) is 0. The number of thioether (sulfide) groups is 1. The quantitative estimate of drug-likeness (QED) is 0.339. The van der Waals surface area contributed by atoms with Crippen molar-refractivity contribution < 1.29 is 14.3 Å². The van der Waals surface area contributed by atoms with Crippen LogP contribution in [0.5, 0.6) is 0 Å². The van der Waals surface area contributed by atoms with Crippen LogP contribution in [0.15, 0.2) is 29.3 Å². The molecule has 6 nitrogen and oxygen atoms in total. The van der Waals surface area contributed by atoms with E-state index in [9.17, 15) is 9.59 Å². The Hall–Kier alpha value is -2.45. The number of esters is 1. The number of fused-ring (bicyclic) bond motifs is 1. The molecule has 0 aliphatic carbocycles. The van der Waals surface area contributed by atoms with Gasteiger partial charge in [-0.15, -0.1) is 11.3 Å². The van der Waals surface area contributed by atoms with Gasteiger partial charge >= 0.3 is 5.97 Å². The molecule has 0 atom stereocenters. The highest BCUT2D eigenvalue weighted by Crippen LogP contribution is 2.36. The molecule has 0 aliphatic rings. The number of aryl methyl sites for hydroxylation is 2. The molecule has 0 fully saturated rings. The van der Waals surface area contributed by atoms with Crippen LogP contribution in [0.25, 0.3) is 10.2 Å². The Morgan fingerprint density at radius 1 is 1.21 bits per heavy atom. The van der Waals surface area contributed by atoms with Crippen molar-refractivity contribution >= 4 is 50.9 Å². The summed E-state index contributed by atoms with van der Waals surface area (Å²) in [6.45, 7) is 8.24. The second-order valence-electron chi connectivity index (χ2n) is 6.88. The molecule has 3 rings (SSSR count). The van der Waals surface area contributed by atoms with Crippen LogP contribution in [-0.4, -0.2) is 34.7 Å². The summed E-state index contributed by atoms with van der Waals surface area (Å²) in [4.78, 5) is 36.0. The number of nitrogens with one attached hydrogen (secondary N) is 1. The lowest BCUT2D eigenvalue weighted by molar-refractivity contribution is -0.113. The largest absolute Gasteiger partial charge is 0.465 e. The number of para-hydroxylation sites is 1. The maximum absolute atomic E-state index is 12.6. The van der Waals surface area contributed by atoms with E-state index >= 15 is 0 Å². The molecular formula is C21H23N3O3S2. The number of amides is 1. The fraction of sp³-hybridized carbons (Fsp3) is 0.333. The normalized spacial score (nSPS) is 11.1. The Morgan fingerprint density at radius 3 is 2.62 bits per heavy atom. The molecule has 0 saturated heterocycles. The van der Waals surface area contributed by atoms with E-state index in [4.69, 9.17) is 14.7 Å². The predicted octanol–water partition coefficient (Wildman–Crippen LogP) is 4.95. The zero-order valence-electron chi connectivity index (χ0n) is 17.0. The number of carbonyl (C=O) groups is 2. The average Bonchev–Trinajstić information content (AvgIpc) is 2.99. The van der Waals surface area contributed by atoms with Crippen molar-refractivity contribution in [3.05, 3.63) is 46.1 Å². The van der Waals surface area contributed by atoms with Gasteiger partial charge in [0, 0.05) is 16.2 Å². The molecule has 0 radical (unpaired) electrons. The molecular weight excluding hydrogens is 406 g/mol. The minimum absolute atomic E-state index is 0.174. The molecule has 3 aromatic rings. The molecule has 1 aromatic carbocycles. The zero-order chi connectivity index (χ0) is 21.1. The van der Waals surface area contributed by atoms with Gasteiger partial charge in [-0.3, -0.25) is 4.79 Å². The van der Waals surface area contributed by atoms with Crippen LogP contribution in [-0.2, 0) is 9.53 Å². The number of aromatic nitrogens is 2. The van der Waals surface area contributed by atoms with Crippen LogP contribution in [0, 0.1) is 13.8 Å². The number of nitrogens with zero attached hydrogens (tertiary/aromatic N) is 2. The van der Waals surface area contributed by atoms with E-state index in [2.05, 4.69) is 33.0 Å². The van der Waals surface area contributed by atoms with Gasteiger partial charge < -0.3 is 10.1 Å². The van der Waals surface area contributed by atoms with E-state index in [0.717, 1.165) is 26.6 Å². The highest BCUT2D eigenvalue weighted by Gasteiger charge is 2.18. The Morgan fingerprint density at radius 2 is 1.93 bits per heavy atom. The van der Waals surface area contributed by atoms with Crippen molar-refractivity contribution in [2.75, 3.05) is 18.2 Å². The number of benzene rings is 1. The van der Waals surface area contributed by atoms with Gasteiger partial charge in [0.25, 0.3) is 0 Å². The second kappa shape index (κ2) is 8.92. The topological polar surface area (TPSA) is 81.2 Å². The van der Waals surface area contributed by atoms with Gasteiger partial charge in [-0.25, -0.2) is 14.8 Å². The van der Waals surface area contributed by atoms with Gasteiger partial charge in [0.15, 0.2) is 0 Å².